The molecule has 2 aromatic carbocycles. The summed E-state index contributed by atoms with van der Waals surface area (Å²) in [7, 11) is 1.57. The molecular formula is C24H32N4O4. The highest BCUT2D eigenvalue weighted by atomic mass is 16.5. The summed E-state index contributed by atoms with van der Waals surface area (Å²) in [6.45, 7) is 2.99. The zero-order valence-corrected chi connectivity index (χ0v) is 18.7. The van der Waals surface area contributed by atoms with E-state index in [4.69, 9.17) is 4.74 Å². The van der Waals surface area contributed by atoms with Crippen LogP contribution < -0.4 is 21.3 Å². The van der Waals surface area contributed by atoms with Gasteiger partial charge in [-0.2, -0.15) is 0 Å². The highest BCUT2D eigenvalue weighted by Gasteiger charge is 2.08. The van der Waals surface area contributed by atoms with Crippen molar-refractivity contribution in [3.8, 4) is 0 Å². The van der Waals surface area contributed by atoms with Gasteiger partial charge in [-0.1, -0.05) is 31.9 Å². The number of carbonyl (C=O) groups is 3. The Morgan fingerprint density at radius 3 is 2.28 bits per heavy atom. The minimum atomic E-state index is -0.244. The van der Waals surface area contributed by atoms with Crippen molar-refractivity contribution < 1.29 is 19.1 Å². The van der Waals surface area contributed by atoms with Gasteiger partial charge >= 0.3 is 0 Å². The lowest BCUT2D eigenvalue weighted by Gasteiger charge is -2.11. The molecule has 0 radical (unpaired) electrons. The van der Waals surface area contributed by atoms with Gasteiger partial charge in [-0.3, -0.25) is 14.4 Å². The molecule has 2 aromatic rings. The van der Waals surface area contributed by atoms with Gasteiger partial charge < -0.3 is 26.0 Å². The maximum atomic E-state index is 12.3. The number of methoxy groups -OCH3 is 1. The van der Waals surface area contributed by atoms with Crippen LogP contribution in [0.5, 0.6) is 0 Å². The Bertz CT molecular complexity index is 901. The number of nitrogens with one attached hydrogen (secondary N) is 4. The maximum absolute atomic E-state index is 12.3. The molecule has 0 fully saturated rings. The Morgan fingerprint density at radius 2 is 1.56 bits per heavy atom. The second kappa shape index (κ2) is 13.8. The first kappa shape index (κ1) is 24.9. The maximum Gasteiger partial charge on any atom is 0.251 e. The molecule has 3 amide bonds. The molecule has 0 unspecified atom stereocenters. The van der Waals surface area contributed by atoms with Crippen LogP contribution >= 0.6 is 0 Å². The van der Waals surface area contributed by atoms with Crippen molar-refractivity contribution in [2.75, 3.05) is 42.8 Å². The number of anilines is 3. The minimum absolute atomic E-state index is 0.0301. The van der Waals surface area contributed by atoms with Crippen molar-refractivity contribution in [1.29, 1.82) is 0 Å². The van der Waals surface area contributed by atoms with E-state index in [-0.39, 0.29) is 24.3 Å². The third kappa shape index (κ3) is 9.18. The summed E-state index contributed by atoms with van der Waals surface area (Å²) in [5, 5.41) is 11.4. The van der Waals surface area contributed by atoms with Crippen molar-refractivity contribution in [2.45, 2.75) is 32.6 Å². The molecule has 0 heterocycles. The molecule has 0 saturated heterocycles. The van der Waals surface area contributed by atoms with Gasteiger partial charge in [0.05, 0.1) is 13.2 Å². The van der Waals surface area contributed by atoms with E-state index in [9.17, 15) is 14.4 Å². The molecule has 32 heavy (non-hydrogen) atoms. The second-order valence-electron chi connectivity index (χ2n) is 7.32. The largest absolute Gasteiger partial charge is 0.383 e. The standard InChI is InChI=1S/C24H32N4O4/c1-3-4-5-12-22(29)27-20-10-7-11-21(16-20)28-23(30)17-26-19-9-6-8-18(15-19)24(31)25-13-14-32-2/h6-11,15-16,26H,3-5,12-14,17H2,1-2H3,(H,25,31)(H,27,29)(H,28,30). The molecule has 0 spiro atoms. The molecule has 172 valence electrons. The average Bonchev–Trinajstić information content (AvgIpc) is 2.78. The summed E-state index contributed by atoms with van der Waals surface area (Å²) in [5.41, 5.74) is 2.39. The lowest BCUT2D eigenvalue weighted by Crippen LogP contribution is -2.27. The van der Waals surface area contributed by atoms with Crippen molar-refractivity contribution in [3.05, 3.63) is 54.1 Å². The molecule has 0 aliphatic carbocycles. The lowest BCUT2D eigenvalue weighted by molar-refractivity contribution is -0.116. The summed E-state index contributed by atoms with van der Waals surface area (Å²) in [5.74, 6) is -0.482. The second-order valence-corrected chi connectivity index (χ2v) is 7.32. The van der Waals surface area contributed by atoms with E-state index in [2.05, 4.69) is 28.2 Å². The average molecular weight is 441 g/mol. The molecular weight excluding hydrogens is 408 g/mol. The van der Waals surface area contributed by atoms with Crippen LogP contribution in [-0.4, -0.2) is 44.5 Å². The number of hydrogen-bond acceptors (Lipinski definition) is 5. The summed E-state index contributed by atoms with van der Waals surface area (Å²) in [6, 6.07) is 14.0. The molecule has 0 aromatic heterocycles. The number of amides is 3. The van der Waals surface area contributed by atoms with Crippen LogP contribution in [0.15, 0.2) is 48.5 Å². The van der Waals surface area contributed by atoms with Crippen molar-refractivity contribution in [3.63, 3.8) is 0 Å². The topological polar surface area (TPSA) is 109 Å². The van der Waals surface area contributed by atoms with Gasteiger partial charge in [0.1, 0.15) is 0 Å². The van der Waals surface area contributed by atoms with Gasteiger partial charge in [0, 0.05) is 42.7 Å². The third-order valence-electron chi connectivity index (χ3n) is 4.61. The van der Waals surface area contributed by atoms with Crippen LogP contribution in [0.4, 0.5) is 17.1 Å². The van der Waals surface area contributed by atoms with Crippen LogP contribution in [0.25, 0.3) is 0 Å². The van der Waals surface area contributed by atoms with Gasteiger partial charge in [0.25, 0.3) is 5.91 Å². The van der Waals surface area contributed by atoms with Crippen LogP contribution in [0.2, 0.25) is 0 Å². The Balaban J connectivity index is 1.84. The van der Waals surface area contributed by atoms with Gasteiger partial charge in [0.2, 0.25) is 11.8 Å². The summed E-state index contributed by atoms with van der Waals surface area (Å²) in [4.78, 5) is 36.4. The fourth-order valence-corrected chi connectivity index (χ4v) is 2.96. The van der Waals surface area contributed by atoms with Crippen molar-refractivity contribution >= 4 is 34.8 Å². The van der Waals surface area contributed by atoms with Crippen LogP contribution in [0.1, 0.15) is 43.0 Å². The van der Waals surface area contributed by atoms with Gasteiger partial charge in [0.15, 0.2) is 0 Å². The first-order chi connectivity index (χ1) is 15.5. The smallest absolute Gasteiger partial charge is 0.251 e. The fourth-order valence-electron chi connectivity index (χ4n) is 2.96. The van der Waals surface area contributed by atoms with E-state index >= 15 is 0 Å². The Kier molecular flexibility index (Phi) is 10.7. The monoisotopic (exact) mass is 440 g/mol. The van der Waals surface area contributed by atoms with E-state index in [1.165, 1.54) is 0 Å². The predicted molar refractivity (Wildman–Crippen MR) is 127 cm³/mol. The molecule has 4 N–H and O–H groups in total. The highest BCUT2D eigenvalue weighted by molar-refractivity contribution is 5.97. The van der Waals surface area contributed by atoms with E-state index in [0.29, 0.717) is 42.2 Å². The Morgan fingerprint density at radius 1 is 0.875 bits per heavy atom. The molecule has 8 nitrogen and oxygen atoms in total. The van der Waals surface area contributed by atoms with Crippen LogP contribution in [0, 0.1) is 0 Å². The molecule has 8 heteroatoms. The Labute approximate surface area is 189 Å². The van der Waals surface area contributed by atoms with E-state index in [1.807, 2.05) is 0 Å². The van der Waals surface area contributed by atoms with Crippen LogP contribution in [-0.2, 0) is 14.3 Å². The first-order valence-electron chi connectivity index (χ1n) is 10.8. The zero-order valence-electron chi connectivity index (χ0n) is 18.7. The molecule has 0 atom stereocenters. The number of rotatable bonds is 13. The van der Waals surface area contributed by atoms with E-state index in [0.717, 1.165) is 19.3 Å². The van der Waals surface area contributed by atoms with Crippen LogP contribution in [0.3, 0.4) is 0 Å². The highest BCUT2D eigenvalue weighted by Crippen LogP contribution is 2.16. The predicted octanol–water partition coefficient (Wildman–Crippen LogP) is 3.63. The SMILES string of the molecule is CCCCCC(=O)Nc1cccc(NC(=O)CNc2cccc(C(=O)NCCOC)c2)c1. The Hall–Kier alpha value is -3.39. The number of ether oxygens (including phenoxy) is 1. The molecule has 0 saturated carbocycles. The molecule has 0 aliphatic rings. The van der Waals surface area contributed by atoms with Gasteiger partial charge in [-0.25, -0.2) is 0 Å². The van der Waals surface area contributed by atoms with Gasteiger partial charge in [-0.05, 0) is 42.8 Å². The number of unbranched alkanes of at least 4 members (excludes halogenated alkanes) is 2. The third-order valence-corrected chi connectivity index (χ3v) is 4.61. The molecule has 0 bridgehead atoms. The number of benzene rings is 2. The van der Waals surface area contributed by atoms with Gasteiger partial charge in [-0.15, -0.1) is 0 Å². The number of carbonyl (C=O) groups excluding carboxylic acids is 3. The summed E-state index contributed by atoms with van der Waals surface area (Å²) in [6.07, 6.45) is 3.44. The number of hydrogen-bond donors (Lipinski definition) is 4. The molecule has 0 aliphatic heterocycles. The quantitative estimate of drug-likeness (QED) is 0.356. The summed E-state index contributed by atoms with van der Waals surface area (Å²) < 4.78 is 4.92. The fraction of sp³-hybridized carbons (Fsp3) is 0.375. The lowest BCUT2D eigenvalue weighted by atomic mass is 10.2. The zero-order chi connectivity index (χ0) is 23.2. The van der Waals surface area contributed by atoms with E-state index < -0.39 is 0 Å². The normalized spacial score (nSPS) is 10.3. The van der Waals surface area contributed by atoms with Crippen molar-refractivity contribution in [2.24, 2.45) is 0 Å². The molecule has 2 rings (SSSR count). The summed E-state index contributed by atoms with van der Waals surface area (Å²) >= 11 is 0. The van der Waals surface area contributed by atoms with Crippen molar-refractivity contribution in [1.82, 2.24) is 5.32 Å². The first-order valence-corrected chi connectivity index (χ1v) is 10.8. The van der Waals surface area contributed by atoms with E-state index in [1.54, 1.807) is 55.6 Å². The minimum Gasteiger partial charge on any atom is -0.383 e.